The van der Waals surface area contributed by atoms with Crippen molar-refractivity contribution >= 4 is 5.97 Å². The van der Waals surface area contributed by atoms with Gasteiger partial charge in [-0.15, -0.1) is 0 Å². The Bertz CT molecular complexity index is 162. The summed E-state index contributed by atoms with van der Waals surface area (Å²) in [7, 11) is 4.07. The summed E-state index contributed by atoms with van der Waals surface area (Å²) >= 11 is 0. The number of rotatable bonds is 8. The quantitative estimate of drug-likeness (QED) is 0.456. The van der Waals surface area contributed by atoms with Gasteiger partial charge in [0.15, 0.2) is 0 Å². The van der Waals surface area contributed by atoms with Crippen LogP contribution in [-0.4, -0.2) is 55.7 Å². The summed E-state index contributed by atoms with van der Waals surface area (Å²) in [6.07, 6.45) is 2.16. The molecule has 0 heterocycles. The van der Waals surface area contributed by atoms with Crippen molar-refractivity contribution in [2.75, 3.05) is 33.7 Å². The van der Waals surface area contributed by atoms with Crippen LogP contribution in [0.5, 0.6) is 0 Å². The minimum absolute atomic E-state index is 0.345. The monoisotopic (exact) mass is 203 g/mol. The highest BCUT2D eigenvalue weighted by Gasteiger charge is 2.09. The largest absolute Gasteiger partial charge is 0.480 e. The first-order valence-corrected chi connectivity index (χ1v) is 4.88. The molecule has 0 bridgehead atoms. The molecular formula is C9H21N3O2. The fourth-order valence-corrected chi connectivity index (χ4v) is 1.02. The van der Waals surface area contributed by atoms with E-state index < -0.39 is 12.0 Å². The van der Waals surface area contributed by atoms with Gasteiger partial charge < -0.3 is 21.1 Å². The Morgan fingerprint density at radius 3 is 2.64 bits per heavy atom. The zero-order chi connectivity index (χ0) is 11.0. The van der Waals surface area contributed by atoms with Crippen LogP contribution in [0.1, 0.15) is 12.8 Å². The molecule has 0 aromatic heterocycles. The second-order valence-corrected chi connectivity index (χ2v) is 3.66. The van der Waals surface area contributed by atoms with E-state index >= 15 is 0 Å². The van der Waals surface area contributed by atoms with Crippen LogP contribution in [0.15, 0.2) is 0 Å². The molecule has 5 nitrogen and oxygen atoms in total. The van der Waals surface area contributed by atoms with Crippen LogP contribution >= 0.6 is 0 Å². The lowest BCUT2D eigenvalue weighted by atomic mass is 10.2. The highest BCUT2D eigenvalue weighted by Crippen LogP contribution is 1.88. The van der Waals surface area contributed by atoms with Gasteiger partial charge in [-0.25, -0.2) is 0 Å². The Morgan fingerprint density at radius 1 is 1.50 bits per heavy atom. The second-order valence-electron chi connectivity index (χ2n) is 3.66. The normalized spacial score (nSPS) is 13.1. The van der Waals surface area contributed by atoms with Crippen molar-refractivity contribution in [3.05, 3.63) is 0 Å². The van der Waals surface area contributed by atoms with Gasteiger partial charge >= 0.3 is 5.97 Å². The van der Waals surface area contributed by atoms with Gasteiger partial charge in [0.05, 0.1) is 0 Å². The highest BCUT2D eigenvalue weighted by molar-refractivity contribution is 5.73. The van der Waals surface area contributed by atoms with Gasteiger partial charge in [0.25, 0.3) is 0 Å². The van der Waals surface area contributed by atoms with Crippen molar-refractivity contribution < 1.29 is 9.90 Å². The van der Waals surface area contributed by atoms with Crippen molar-refractivity contribution in [2.24, 2.45) is 5.73 Å². The summed E-state index contributed by atoms with van der Waals surface area (Å²) in [4.78, 5) is 12.5. The van der Waals surface area contributed by atoms with Crippen molar-refractivity contribution in [2.45, 2.75) is 18.9 Å². The molecule has 84 valence electrons. The third-order valence-electron chi connectivity index (χ3n) is 1.89. The summed E-state index contributed by atoms with van der Waals surface area (Å²) in [6.45, 7) is 2.23. The van der Waals surface area contributed by atoms with Crippen LogP contribution in [0.4, 0.5) is 0 Å². The van der Waals surface area contributed by atoms with Crippen molar-refractivity contribution in [1.82, 2.24) is 10.2 Å². The third kappa shape index (κ3) is 7.97. The van der Waals surface area contributed by atoms with Crippen molar-refractivity contribution in [3.8, 4) is 0 Å². The molecule has 1 unspecified atom stereocenters. The van der Waals surface area contributed by atoms with Gasteiger partial charge in [0.1, 0.15) is 6.04 Å². The lowest BCUT2D eigenvalue weighted by molar-refractivity contribution is -0.138. The number of carbonyl (C=O) groups is 1. The van der Waals surface area contributed by atoms with Crippen LogP contribution in [-0.2, 0) is 4.79 Å². The van der Waals surface area contributed by atoms with Gasteiger partial charge in [0.2, 0.25) is 0 Å². The molecule has 0 fully saturated rings. The van der Waals surface area contributed by atoms with E-state index in [9.17, 15) is 4.79 Å². The molecule has 0 saturated carbocycles. The van der Waals surface area contributed by atoms with E-state index in [1.54, 1.807) is 0 Å². The molecule has 0 amide bonds. The summed E-state index contributed by atoms with van der Waals surface area (Å²) in [6, 6.07) is -0.788. The van der Waals surface area contributed by atoms with Crippen LogP contribution in [0, 0.1) is 0 Å². The average molecular weight is 203 g/mol. The first kappa shape index (κ1) is 13.4. The maximum Gasteiger partial charge on any atom is 0.321 e. The summed E-state index contributed by atoms with van der Waals surface area (Å²) in [5.41, 5.74) is 5.31. The minimum atomic E-state index is -0.953. The molecule has 14 heavy (non-hydrogen) atoms. The van der Waals surface area contributed by atoms with Gasteiger partial charge in [-0.2, -0.15) is 0 Å². The highest BCUT2D eigenvalue weighted by atomic mass is 16.4. The number of unbranched alkanes of at least 4 members (excludes halogenated alkanes) is 1. The number of carboxylic acid groups (broad SMARTS) is 1. The molecule has 0 spiro atoms. The third-order valence-corrected chi connectivity index (χ3v) is 1.89. The number of nitrogens with one attached hydrogen (secondary N) is 1. The van der Waals surface area contributed by atoms with E-state index in [1.807, 2.05) is 14.1 Å². The van der Waals surface area contributed by atoms with Gasteiger partial charge in [-0.1, -0.05) is 0 Å². The van der Waals surface area contributed by atoms with E-state index in [2.05, 4.69) is 10.2 Å². The molecule has 0 rings (SSSR count). The van der Waals surface area contributed by atoms with Crippen molar-refractivity contribution in [1.29, 1.82) is 0 Å². The van der Waals surface area contributed by atoms with Gasteiger partial charge in [-0.05, 0) is 40.0 Å². The van der Waals surface area contributed by atoms with E-state index in [1.165, 1.54) is 0 Å². The Hall–Kier alpha value is -0.650. The van der Waals surface area contributed by atoms with Crippen molar-refractivity contribution in [3.63, 3.8) is 0 Å². The number of hydrogen-bond donors (Lipinski definition) is 3. The molecular weight excluding hydrogens is 182 g/mol. The van der Waals surface area contributed by atoms with Gasteiger partial charge in [0, 0.05) is 6.54 Å². The zero-order valence-electron chi connectivity index (χ0n) is 8.99. The Kier molecular flexibility index (Phi) is 7.37. The Labute approximate surface area is 85.3 Å². The lowest BCUT2D eigenvalue weighted by Gasteiger charge is -2.10. The number of aliphatic carboxylic acids is 1. The van der Waals surface area contributed by atoms with Crippen LogP contribution in [0.2, 0.25) is 0 Å². The summed E-state index contributed by atoms with van der Waals surface area (Å²) in [5, 5.41) is 11.5. The minimum Gasteiger partial charge on any atom is -0.480 e. The fraction of sp³-hybridized carbons (Fsp3) is 0.889. The molecule has 0 radical (unpaired) electrons. The standard InChI is InChI=1S/C9H21N3O2/c1-12(2)6-4-3-5-11-7-8(10)9(13)14/h8,11H,3-7,10H2,1-2H3,(H,13,14). The molecule has 4 N–H and O–H groups in total. The first-order chi connectivity index (χ1) is 6.54. The first-order valence-electron chi connectivity index (χ1n) is 4.88. The maximum atomic E-state index is 10.3. The number of nitrogens with two attached hydrogens (primary N) is 1. The molecule has 0 saturated heterocycles. The van der Waals surface area contributed by atoms with Crippen LogP contribution < -0.4 is 11.1 Å². The average Bonchev–Trinajstić information content (AvgIpc) is 2.09. The SMILES string of the molecule is CN(C)CCCCNCC(N)C(=O)O. The molecule has 0 aliphatic rings. The molecule has 0 aliphatic heterocycles. The lowest BCUT2D eigenvalue weighted by Crippen LogP contribution is -2.40. The summed E-state index contributed by atoms with van der Waals surface area (Å²) < 4.78 is 0. The van der Waals surface area contributed by atoms with E-state index in [-0.39, 0.29) is 0 Å². The van der Waals surface area contributed by atoms with Gasteiger partial charge in [-0.3, -0.25) is 4.79 Å². The van der Waals surface area contributed by atoms with E-state index in [0.717, 1.165) is 25.9 Å². The zero-order valence-corrected chi connectivity index (χ0v) is 8.99. The second kappa shape index (κ2) is 7.73. The number of hydrogen-bond acceptors (Lipinski definition) is 4. The van der Waals surface area contributed by atoms with E-state index in [4.69, 9.17) is 10.8 Å². The predicted molar refractivity (Wildman–Crippen MR) is 56.3 cm³/mol. The van der Waals surface area contributed by atoms with E-state index in [0.29, 0.717) is 6.54 Å². The smallest absolute Gasteiger partial charge is 0.321 e. The molecule has 1 atom stereocenters. The number of carboxylic acids is 1. The maximum absolute atomic E-state index is 10.3. The molecule has 0 aromatic rings. The van der Waals surface area contributed by atoms with Crippen LogP contribution in [0.25, 0.3) is 0 Å². The van der Waals surface area contributed by atoms with Crippen LogP contribution in [0.3, 0.4) is 0 Å². The Morgan fingerprint density at radius 2 is 2.14 bits per heavy atom. The molecule has 0 aromatic carbocycles. The summed E-state index contributed by atoms with van der Waals surface area (Å²) in [5.74, 6) is -0.953. The topological polar surface area (TPSA) is 78.6 Å². The Balaban J connectivity index is 3.17. The number of nitrogens with zero attached hydrogens (tertiary/aromatic N) is 1. The molecule has 5 heteroatoms. The predicted octanol–water partition coefficient (Wildman–Crippen LogP) is -0.670. The fourth-order valence-electron chi connectivity index (χ4n) is 1.02. The molecule has 0 aliphatic carbocycles.